The third-order valence-electron chi connectivity index (χ3n) is 7.21. The van der Waals surface area contributed by atoms with Gasteiger partial charge in [-0.25, -0.2) is 13.6 Å². The summed E-state index contributed by atoms with van der Waals surface area (Å²) in [4.78, 5) is 0.118. The van der Waals surface area contributed by atoms with Crippen molar-refractivity contribution in [1.29, 1.82) is 0 Å². The summed E-state index contributed by atoms with van der Waals surface area (Å²) in [7, 11) is -4.03. The van der Waals surface area contributed by atoms with Gasteiger partial charge < -0.3 is 5.32 Å². The first-order valence-electron chi connectivity index (χ1n) is 11.6. The van der Waals surface area contributed by atoms with Gasteiger partial charge in [0.15, 0.2) is 0 Å². The molecule has 0 unspecified atom stereocenters. The van der Waals surface area contributed by atoms with Gasteiger partial charge in [-0.3, -0.25) is 0 Å². The number of primary sulfonamides is 1. The van der Waals surface area contributed by atoms with E-state index in [4.69, 9.17) is 5.14 Å². The fourth-order valence-corrected chi connectivity index (χ4v) is 6.15. The number of nitrogens with one attached hydrogen (secondary N) is 2. The first-order valence-corrected chi connectivity index (χ1v) is 13.2. The van der Waals surface area contributed by atoms with Crippen LogP contribution in [0.3, 0.4) is 0 Å². The number of nitrogens with zero attached hydrogens (tertiary/aromatic N) is 3. The van der Waals surface area contributed by atoms with Crippen molar-refractivity contribution in [3.05, 3.63) is 47.5 Å². The Kier molecular flexibility index (Phi) is 6.03. The zero-order valence-electron chi connectivity index (χ0n) is 18.8. The predicted octanol–water partition coefficient (Wildman–Crippen LogP) is 3.24. The van der Waals surface area contributed by atoms with Gasteiger partial charge in [-0.1, -0.05) is 56.2 Å². The molecule has 9 heteroatoms. The van der Waals surface area contributed by atoms with Gasteiger partial charge in [0.2, 0.25) is 15.8 Å². The molecule has 5 rings (SSSR count). The Morgan fingerprint density at radius 3 is 2.33 bits per heavy atom. The van der Waals surface area contributed by atoms with E-state index >= 15 is 0 Å². The highest BCUT2D eigenvalue weighted by atomic mass is 32.2. The molecule has 174 valence electrons. The summed E-state index contributed by atoms with van der Waals surface area (Å²) in [6.45, 7) is 4.25. The lowest BCUT2D eigenvalue weighted by Gasteiger charge is -2.28. The first kappa shape index (κ1) is 22.2. The SMILES string of the molecule is CC1CCC(Cc2ccc(-c3ccc(C4CNC4)cc3)c(-c3nn[nH]n3)c2S(N)(=O)=O)CC1. The van der Waals surface area contributed by atoms with Crippen molar-refractivity contribution in [3.8, 4) is 22.5 Å². The molecular formula is C24H30N6O2S. The lowest BCUT2D eigenvalue weighted by atomic mass is 9.79. The molecule has 1 aromatic heterocycles. The molecule has 1 saturated carbocycles. The second kappa shape index (κ2) is 8.96. The molecule has 0 spiro atoms. The highest BCUT2D eigenvalue weighted by Crippen LogP contribution is 2.40. The molecule has 2 aliphatic rings. The van der Waals surface area contributed by atoms with Crippen molar-refractivity contribution in [1.82, 2.24) is 25.9 Å². The Balaban J connectivity index is 1.61. The van der Waals surface area contributed by atoms with Crippen LogP contribution >= 0.6 is 0 Å². The zero-order valence-corrected chi connectivity index (χ0v) is 19.6. The minimum Gasteiger partial charge on any atom is -0.315 e. The van der Waals surface area contributed by atoms with Crippen LogP contribution in [0.4, 0.5) is 0 Å². The van der Waals surface area contributed by atoms with Crippen molar-refractivity contribution in [2.75, 3.05) is 13.1 Å². The second-order valence-corrected chi connectivity index (χ2v) is 11.1. The minimum atomic E-state index is -4.03. The van der Waals surface area contributed by atoms with E-state index in [1.807, 2.05) is 24.3 Å². The topological polar surface area (TPSA) is 127 Å². The number of rotatable bonds is 6. The van der Waals surface area contributed by atoms with E-state index in [0.29, 0.717) is 23.8 Å². The van der Waals surface area contributed by atoms with Crippen LogP contribution in [0, 0.1) is 11.8 Å². The summed E-state index contributed by atoms with van der Waals surface area (Å²) >= 11 is 0. The van der Waals surface area contributed by atoms with Gasteiger partial charge in [-0.15, -0.1) is 10.2 Å². The van der Waals surface area contributed by atoms with Crippen molar-refractivity contribution < 1.29 is 8.42 Å². The summed E-state index contributed by atoms with van der Waals surface area (Å²) < 4.78 is 25.8. The van der Waals surface area contributed by atoms with Crippen LogP contribution in [0.25, 0.3) is 22.5 Å². The number of aromatic nitrogens is 4. The molecule has 2 aromatic carbocycles. The molecule has 3 aromatic rings. The van der Waals surface area contributed by atoms with Crippen molar-refractivity contribution in [2.45, 2.75) is 49.8 Å². The van der Waals surface area contributed by atoms with Crippen LogP contribution in [0.5, 0.6) is 0 Å². The molecule has 8 nitrogen and oxygen atoms in total. The van der Waals surface area contributed by atoms with Crippen LogP contribution in [-0.2, 0) is 16.4 Å². The highest BCUT2D eigenvalue weighted by Gasteiger charge is 2.29. The Morgan fingerprint density at radius 1 is 1.03 bits per heavy atom. The van der Waals surface area contributed by atoms with Crippen molar-refractivity contribution in [2.24, 2.45) is 17.0 Å². The quantitative estimate of drug-likeness (QED) is 0.512. The van der Waals surface area contributed by atoms with Crippen LogP contribution in [0.15, 0.2) is 41.3 Å². The Morgan fingerprint density at radius 2 is 1.76 bits per heavy atom. The summed E-state index contributed by atoms with van der Waals surface area (Å²) in [5.41, 5.74) is 4.06. The van der Waals surface area contributed by atoms with E-state index in [9.17, 15) is 8.42 Å². The van der Waals surface area contributed by atoms with Crippen molar-refractivity contribution in [3.63, 3.8) is 0 Å². The lowest BCUT2D eigenvalue weighted by molar-refractivity contribution is 0.288. The van der Waals surface area contributed by atoms with E-state index in [-0.39, 0.29) is 10.7 Å². The van der Waals surface area contributed by atoms with E-state index in [2.05, 4.69) is 45.0 Å². The van der Waals surface area contributed by atoms with Gasteiger partial charge >= 0.3 is 0 Å². The third-order valence-corrected chi connectivity index (χ3v) is 8.25. The van der Waals surface area contributed by atoms with Crippen LogP contribution in [0.1, 0.15) is 49.7 Å². The maximum atomic E-state index is 12.9. The van der Waals surface area contributed by atoms with E-state index in [1.165, 1.54) is 18.4 Å². The Labute approximate surface area is 194 Å². The van der Waals surface area contributed by atoms with E-state index in [1.54, 1.807) is 0 Å². The molecule has 1 aliphatic heterocycles. The number of benzene rings is 2. The summed E-state index contributed by atoms with van der Waals surface area (Å²) in [5.74, 6) is 1.94. The maximum Gasteiger partial charge on any atom is 0.239 e. The van der Waals surface area contributed by atoms with Gasteiger partial charge in [0.05, 0.1) is 10.5 Å². The third kappa shape index (κ3) is 4.58. The summed E-state index contributed by atoms with van der Waals surface area (Å²) in [6.07, 6.45) is 5.23. The largest absolute Gasteiger partial charge is 0.315 e. The number of sulfonamides is 1. The molecule has 1 saturated heterocycles. The molecule has 33 heavy (non-hydrogen) atoms. The second-order valence-electron chi connectivity index (χ2n) is 9.56. The van der Waals surface area contributed by atoms with Gasteiger partial charge in [-0.2, -0.15) is 5.21 Å². The highest BCUT2D eigenvalue weighted by molar-refractivity contribution is 7.89. The normalized spacial score (nSPS) is 21.6. The average Bonchev–Trinajstić information content (AvgIpc) is 3.28. The molecule has 0 radical (unpaired) electrons. The first-order chi connectivity index (χ1) is 15.9. The van der Waals surface area contributed by atoms with Gasteiger partial charge in [0.1, 0.15) is 0 Å². The number of tetrazole rings is 1. The molecule has 2 fully saturated rings. The smallest absolute Gasteiger partial charge is 0.239 e. The lowest BCUT2D eigenvalue weighted by Crippen LogP contribution is -2.39. The summed E-state index contributed by atoms with van der Waals surface area (Å²) in [5, 5.41) is 23.5. The number of nitrogens with two attached hydrogens (primary N) is 1. The number of aromatic amines is 1. The maximum absolute atomic E-state index is 12.9. The summed E-state index contributed by atoms with van der Waals surface area (Å²) in [6, 6.07) is 12.2. The van der Waals surface area contributed by atoms with Crippen LogP contribution < -0.4 is 10.5 Å². The molecule has 1 aliphatic carbocycles. The van der Waals surface area contributed by atoms with Crippen LogP contribution in [-0.4, -0.2) is 42.1 Å². The molecule has 4 N–H and O–H groups in total. The number of H-pyrrole nitrogens is 1. The molecule has 0 bridgehead atoms. The fraction of sp³-hybridized carbons (Fsp3) is 0.458. The van der Waals surface area contributed by atoms with Crippen LogP contribution in [0.2, 0.25) is 0 Å². The molecule has 0 atom stereocenters. The zero-order chi connectivity index (χ0) is 23.0. The number of hydrogen-bond acceptors (Lipinski definition) is 6. The van der Waals surface area contributed by atoms with E-state index < -0.39 is 10.0 Å². The molecule has 0 amide bonds. The Bertz CT molecular complexity index is 1210. The average molecular weight is 467 g/mol. The van der Waals surface area contributed by atoms with Gasteiger partial charge in [-0.05, 0) is 58.6 Å². The Hall–Kier alpha value is -2.62. The van der Waals surface area contributed by atoms with Gasteiger partial charge in [0, 0.05) is 19.0 Å². The van der Waals surface area contributed by atoms with Gasteiger partial charge in [0.25, 0.3) is 0 Å². The van der Waals surface area contributed by atoms with E-state index in [0.717, 1.165) is 48.5 Å². The van der Waals surface area contributed by atoms with Crippen molar-refractivity contribution >= 4 is 10.0 Å². The monoisotopic (exact) mass is 466 g/mol. The standard InChI is InChI=1S/C24H30N6O2S/c1-15-2-4-16(5-3-15)12-19-10-11-21(18-8-6-17(7-9-18)20-13-26-14-20)22(23(19)33(25,31)32)24-27-29-30-28-24/h6-11,15-16,20,26H,2-5,12-14H2,1H3,(H2,25,31,32)(H,27,28,29,30). The molecular weight excluding hydrogens is 436 g/mol. The fourth-order valence-electron chi connectivity index (χ4n) is 5.15. The minimum absolute atomic E-state index is 0.118. The molecule has 2 heterocycles. The predicted molar refractivity (Wildman–Crippen MR) is 127 cm³/mol. The number of hydrogen-bond donors (Lipinski definition) is 3.